The molecule has 2 heterocycles. The van der Waals surface area contributed by atoms with Crippen molar-refractivity contribution in [1.82, 2.24) is 9.78 Å². The van der Waals surface area contributed by atoms with E-state index in [2.05, 4.69) is 10.4 Å². The minimum Gasteiger partial charge on any atom is -0.365 e. The number of nitrogens with zero attached hydrogens (tertiary/aromatic N) is 3. The summed E-state index contributed by atoms with van der Waals surface area (Å²) >= 11 is 0. The Balaban J connectivity index is 2.17. The van der Waals surface area contributed by atoms with E-state index in [4.69, 9.17) is 0 Å². The van der Waals surface area contributed by atoms with E-state index in [1.165, 1.54) is 0 Å². The molecule has 0 aliphatic carbocycles. The highest BCUT2D eigenvalue weighted by molar-refractivity contribution is 5.78. The second-order valence-corrected chi connectivity index (χ2v) is 4.53. The van der Waals surface area contributed by atoms with Gasteiger partial charge in [0.25, 0.3) is 0 Å². The lowest BCUT2D eigenvalue weighted by molar-refractivity contribution is -0.383. The highest BCUT2D eigenvalue weighted by atomic mass is 16.6. The normalized spacial score (nSPS) is 14.3. The standard InChI is InChI=1S/C13H14N4O2/c18-17(19)12-11(10-6-2-1-3-7-10)15-16-9-5-4-8-14-13(12)16/h1-3,6-7,14H,4-5,8-9H2. The van der Waals surface area contributed by atoms with Crippen LogP contribution >= 0.6 is 0 Å². The minimum atomic E-state index is -0.348. The molecular weight excluding hydrogens is 244 g/mol. The van der Waals surface area contributed by atoms with Crippen molar-refractivity contribution in [3.63, 3.8) is 0 Å². The van der Waals surface area contributed by atoms with Crippen LogP contribution in [-0.2, 0) is 6.54 Å². The van der Waals surface area contributed by atoms with Gasteiger partial charge in [-0.15, -0.1) is 0 Å². The molecule has 6 nitrogen and oxygen atoms in total. The predicted octanol–water partition coefficient (Wildman–Crippen LogP) is 2.66. The second-order valence-electron chi connectivity index (χ2n) is 4.53. The summed E-state index contributed by atoms with van der Waals surface area (Å²) in [6.45, 7) is 1.47. The van der Waals surface area contributed by atoms with E-state index in [0.717, 1.165) is 31.5 Å². The lowest BCUT2D eigenvalue weighted by Gasteiger charge is -2.01. The van der Waals surface area contributed by atoms with Gasteiger partial charge in [-0.25, -0.2) is 4.68 Å². The summed E-state index contributed by atoms with van der Waals surface area (Å²) in [5.74, 6) is 0.529. The Kier molecular flexibility index (Phi) is 2.91. The van der Waals surface area contributed by atoms with Crippen LogP contribution < -0.4 is 5.32 Å². The molecule has 0 unspecified atom stereocenters. The average Bonchev–Trinajstić information content (AvgIpc) is 2.64. The quantitative estimate of drug-likeness (QED) is 0.664. The van der Waals surface area contributed by atoms with Crippen LogP contribution in [0.15, 0.2) is 30.3 Å². The molecule has 0 amide bonds. The third-order valence-corrected chi connectivity index (χ3v) is 3.25. The van der Waals surface area contributed by atoms with Crippen LogP contribution in [0.4, 0.5) is 11.5 Å². The Morgan fingerprint density at radius 2 is 2.05 bits per heavy atom. The van der Waals surface area contributed by atoms with Gasteiger partial charge in [0.2, 0.25) is 5.82 Å². The molecule has 0 saturated carbocycles. The van der Waals surface area contributed by atoms with Crippen LogP contribution in [0.1, 0.15) is 12.8 Å². The maximum atomic E-state index is 11.4. The highest BCUT2D eigenvalue weighted by Gasteiger charge is 2.29. The number of hydrogen-bond donors (Lipinski definition) is 1. The Labute approximate surface area is 110 Å². The van der Waals surface area contributed by atoms with Gasteiger partial charge in [0.1, 0.15) is 0 Å². The fourth-order valence-electron chi connectivity index (χ4n) is 2.35. The molecule has 1 aliphatic heterocycles. The van der Waals surface area contributed by atoms with Crippen LogP contribution in [0.5, 0.6) is 0 Å². The zero-order chi connectivity index (χ0) is 13.2. The monoisotopic (exact) mass is 258 g/mol. The number of anilines is 1. The van der Waals surface area contributed by atoms with Gasteiger partial charge in [-0.2, -0.15) is 5.10 Å². The Morgan fingerprint density at radius 3 is 2.79 bits per heavy atom. The first kappa shape index (κ1) is 11.7. The molecule has 1 aromatic heterocycles. The average molecular weight is 258 g/mol. The molecule has 0 spiro atoms. The van der Waals surface area contributed by atoms with Gasteiger partial charge in [0, 0.05) is 18.7 Å². The number of fused-ring (bicyclic) bond motifs is 1. The lowest BCUT2D eigenvalue weighted by atomic mass is 10.1. The molecule has 0 saturated heterocycles. The molecule has 1 aromatic carbocycles. The van der Waals surface area contributed by atoms with E-state index >= 15 is 0 Å². The number of aromatic nitrogens is 2. The predicted molar refractivity (Wildman–Crippen MR) is 72.0 cm³/mol. The number of benzene rings is 1. The van der Waals surface area contributed by atoms with Gasteiger partial charge >= 0.3 is 5.69 Å². The molecule has 1 aliphatic rings. The van der Waals surface area contributed by atoms with Crippen LogP contribution in [0.3, 0.4) is 0 Å². The van der Waals surface area contributed by atoms with Crippen LogP contribution in [0, 0.1) is 10.1 Å². The first-order chi connectivity index (χ1) is 9.27. The van der Waals surface area contributed by atoms with Gasteiger partial charge < -0.3 is 5.32 Å². The van der Waals surface area contributed by atoms with Crippen LogP contribution in [0.2, 0.25) is 0 Å². The van der Waals surface area contributed by atoms with Gasteiger partial charge in [0.15, 0.2) is 5.69 Å². The number of aryl methyl sites for hydroxylation is 1. The number of rotatable bonds is 2. The zero-order valence-electron chi connectivity index (χ0n) is 10.4. The van der Waals surface area contributed by atoms with Gasteiger partial charge in [-0.3, -0.25) is 10.1 Å². The largest absolute Gasteiger partial charge is 0.365 e. The van der Waals surface area contributed by atoms with Crippen molar-refractivity contribution in [2.45, 2.75) is 19.4 Å². The molecule has 0 radical (unpaired) electrons. The Hall–Kier alpha value is -2.37. The number of nitro groups is 1. The lowest BCUT2D eigenvalue weighted by Crippen LogP contribution is -2.04. The summed E-state index contributed by atoms with van der Waals surface area (Å²) in [5, 5.41) is 18.9. The molecule has 1 N–H and O–H groups in total. The Bertz CT molecular complexity index is 607. The summed E-state index contributed by atoms with van der Waals surface area (Å²) in [7, 11) is 0. The second kappa shape index (κ2) is 4.72. The first-order valence-electron chi connectivity index (χ1n) is 6.32. The zero-order valence-corrected chi connectivity index (χ0v) is 10.4. The van der Waals surface area contributed by atoms with E-state index in [1.807, 2.05) is 30.3 Å². The molecule has 2 aromatic rings. The smallest absolute Gasteiger partial charge is 0.338 e. The third-order valence-electron chi connectivity index (χ3n) is 3.25. The van der Waals surface area contributed by atoms with E-state index in [1.54, 1.807) is 4.68 Å². The van der Waals surface area contributed by atoms with Crippen LogP contribution in [-0.4, -0.2) is 21.2 Å². The minimum absolute atomic E-state index is 0.0769. The SMILES string of the molecule is O=[N+]([O-])c1c(-c2ccccc2)nn2c1NCCCC2. The van der Waals surface area contributed by atoms with Gasteiger partial charge in [-0.05, 0) is 12.8 Å². The summed E-state index contributed by atoms with van der Waals surface area (Å²) in [6, 6.07) is 9.28. The maximum absolute atomic E-state index is 11.4. The van der Waals surface area contributed by atoms with E-state index < -0.39 is 0 Å². The molecule has 98 valence electrons. The molecule has 3 rings (SSSR count). The van der Waals surface area contributed by atoms with Crippen molar-refractivity contribution in [2.24, 2.45) is 0 Å². The van der Waals surface area contributed by atoms with E-state index in [9.17, 15) is 10.1 Å². The van der Waals surface area contributed by atoms with Gasteiger partial charge in [-0.1, -0.05) is 30.3 Å². The molecule has 19 heavy (non-hydrogen) atoms. The molecular formula is C13H14N4O2. The molecule has 0 bridgehead atoms. The topological polar surface area (TPSA) is 73.0 Å². The molecule has 0 fully saturated rings. The maximum Gasteiger partial charge on any atom is 0.338 e. The van der Waals surface area contributed by atoms with Crippen molar-refractivity contribution in [2.75, 3.05) is 11.9 Å². The summed E-state index contributed by atoms with van der Waals surface area (Å²) in [4.78, 5) is 11.0. The number of hydrogen-bond acceptors (Lipinski definition) is 4. The third kappa shape index (κ3) is 2.05. The first-order valence-corrected chi connectivity index (χ1v) is 6.32. The molecule has 6 heteroatoms. The summed E-state index contributed by atoms with van der Waals surface area (Å²) < 4.78 is 1.72. The van der Waals surface area contributed by atoms with Crippen molar-refractivity contribution >= 4 is 11.5 Å². The van der Waals surface area contributed by atoms with Crippen LogP contribution in [0.25, 0.3) is 11.3 Å². The van der Waals surface area contributed by atoms with Crippen molar-refractivity contribution in [1.29, 1.82) is 0 Å². The van der Waals surface area contributed by atoms with E-state index in [0.29, 0.717) is 11.5 Å². The van der Waals surface area contributed by atoms with Crippen molar-refractivity contribution in [3.05, 3.63) is 40.4 Å². The van der Waals surface area contributed by atoms with Gasteiger partial charge in [0.05, 0.1) is 4.92 Å². The number of nitrogens with one attached hydrogen (secondary N) is 1. The van der Waals surface area contributed by atoms with E-state index in [-0.39, 0.29) is 10.6 Å². The summed E-state index contributed by atoms with van der Waals surface area (Å²) in [6.07, 6.45) is 1.98. The van der Waals surface area contributed by atoms with Crippen molar-refractivity contribution in [3.8, 4) is 11.3 Å². The Morgan fingerprint density at radius 1 is 1.26 bits per heavy atom. The fourth-order valence-corrected chi connectivity index (χ4v) is 2.35. The highest BCUT2D eigenvalue weighted by Crippen LogP contribution is 2.36. The summed E-state index contributed by atoms with van der Waals surface area (Å²) in [5.41, 5.74) is 1.29. The van der Waals surface area contributed by atoms with Crippen molar-refractivity contribution < 1.29 is 4.92 Å². The fraction of sp³-hybridized carbons (Fsp3) is 0.308. The molecule has 0 atom stereocenters.